The van der Waals surface area contributed by atoms with Crippen LogP contribution < -0.4 is 16.5 Å². The van der Waals surface area contributed by atoms with Gasteiger partial charge in [0.15, 0.2) is 11.2 Å². The molecule has 0 saturated carbocycles. The van der Waals surface area contributed by atoms with E-state index in [1.54, 1.807) is 0 Å². The van der Waals surface area contributed by atoms with Crippen LogP contribution in [0.15, 0.2) is 45.2 Å². The van der Waals surface area contributed by atoms with E-state index in [0.717, 1.165) is 55.0 Å². The van der Waals surface area contributed by atoms with Crippen LogP contribution in [0.3, 0.4) is 0 Å². The van der Waals surface area contributed by atoms with Gasteiger partial charge in [-0.3, -0.25) is 4.68 Å². The summed E-state index contributed by atoms with van der Waals surface area (Å²) < 4.78 is 15.6. The van der Waals surface area contributed by atoms with E-state index in [1.807, 2.05) is 62.7 Å². The van der Waals surface area contributed by atoms with Gasteiger partial charge in [0, 0.05) is 22.2 Å². The number of nitrogens with zero attached hydrogens (tertiary/aromatic N) is 6. The summed E-state index contributed by atoms with van der Waals surface area (Å²) in [6, 6.07) is 16.6. The minimum Gasteiger partial charge on any atom is -0.435 e. The molecule has 0 aliphatic carbocycles. The molecule has 44 heavy (non-hydrogen) atoms. The lowest BCUT2D eigenvalue weighted by atomic mass is 10.1. The van der Waals surface area contributed by atoms with E-state index in [1.165, 1.54) is 15.8 Å². The van der Waals surface area contributed by atoms with E-state index < -0.39 is 0 Å². The van der Waals surface area contributed by atoms with Gasteiger partial charge in [0.1, 0.15) is 34.3 Å². The zero-order valence-electron chi connectivity index (χ0n) is 25.8. The Labute approximate surface area is 255 Å². The summed E-state index contributed by atoms with van der Waals surface area (Å²) in [5, 5.41) is 23.5. The smallest absolute Gasteiger partial charge is 0.240 e. The normalized spacial score (nSPS) is 13.0. The minimum atomic E-state index is 0.202. The topological polar surface area (TPSA) is 136 Å². The third-order valence-electron chi connectivity index (χ3n) is 8.55. The van der Waals surface area contributed by atoms with Gasteiger partial charge in [0.2, 0.25) is 19.8 Å². The zero-order chi connectivity index (χ0) is 31.1. The van der Waals surface area contributed by atoms with Crippen molar-refractivity contribution in [1.82, 2.24) is 19.1 Å². The van der Waals surface area contributed by atoms with Crippen LogP contribution in [0, 0.1) is 36.5 Å². The molecule has 6 rings (SSSR count). The monoisotopic (exact) mass is 583 g/mol. The van der Waals surface area contributed by atoms with Gasteiger partial charge in [-0.25, -0.2) is 9.97 Å². The van der Waals surface area contributed by atoms with Crippen molar-refractivity contribution in [1.29, 1.82) is 10.5 Å². The highest BCUT2D eigenvalue weighted by atomic mass is 16.4. The van der Waals surface area contributed by atoms with Crippen molar-refractivity contribution in [2.45, 2.75) is 66.2 Å². The predicted molar refractivity (Wildman–Crippen MR) is 174 cm³/mol. The highest BCUT2D eigenvalue weighted by molar-refractivity contribution is 6.11. The van der Waals surface area contributed by atoms with E-state index in [4.69, 9.17) is 24.6 Å². The first kappa shape index (κ1) is 28.9. The van der Waals surface area contributed by atoms with Crippen LogP contribution in [0.1, 0.15) is 73.8 Å². The first-order valence-corrected chi connectivity index (χ1v) is 15.1. The SMILES string of the molecule is Bn1c(C)c2/c(=C(\C#N)c3nc4cc(CCCC)ccc4o3)n(N)c(C)c2/c1=C(\C#N)c1nc2cc(CCCC)ccc2o1. The van der Waals surface area contributed by atoms with Crippen molar-refractivity contribution in [3.05, 3.63) is 81.4 Å². The summed E-state index contributed by atoms with van der Waals surface area (Å²) in [7, 11) is 1.89. The fraction of sp³-hybridized carbons (Fsp3) is 0.294. The van der Waals surface area contributed by atoms with Crippen LogP contribution in [0.5, 0.6) is 0 Å². The number of fused-ring (bicyclic) bond motifs is 3. The number of aromatic nitrogens is 4. The number of benzene rings is 2. The molecule has 0 fully saturated rings. The Bertz CT molecular complexity index is 2120. The van der Waals surface area contributed by atoms with Gasteiger partial charge in [0.25, 0.3) is 0 Å². The molecule has 9 nitrogen and oxygen atoms in total. The lowest BCUT2D eigenvalue weighted by Crippen LogP contribution is -2.29. The number of nitrogens with two attached hydrogens (primary N) is 1. The van der Waals surface area contributed by atoms with Crippen molar-refractivity contribution < 1.29 is 8.83 Å². The third-order valence-corrected chi connectivity index (χ3v) is 8.55. The van der Waals surface area contributed by atoms with Crippen LogP contribution >= 0.6 is 0 Å². The largest absolute Gasteiger partial charge is 0.435 e. The lowest BCUT2D eigenvalue weighted by Gasteiger charge is -2.04. The Morgan fingerprint density at radius 1 is 0.795 bits per heavy atom. The van der Waals surface area contributed by atoms with Crippen molar-refractivity contribution in [2.75, 3.05) is 5.84 Å². The second kappa shape index (κ2) is 11.5. The molecule has 0 aliphatic rings. The third kappa shape index (κ3) is 4.64. The lowest BCUT2D eigenvalue weighted by molar-refractivity contribution is 0.584. The maximum atomic E-state index is 10.5. The number of hydrogen-bond acceptors (Lipinski definition) is 7. The average molecular weight is 584 g/mol. The first-order chi connectivity index (χ1) is 21.3. The molecular weight excluding hydrogens is 549 g/mol. The minimum absolute atomic E-state index is 0.202. The van der Waals surface area contributed by atoms with Crippen LogP contribution in [0.4, 0.5) is 0 Å². The number of nitriles is 2. The Kier molecular flexibility index (Phi) is 7.52. The van der Waals surface area contributed by atoms with Gasteiger partial charge in [-0.15, -0.1) is 0 Å². The number of hydrogen-bond donors (Lipinski definition) is 1. The number of rotatable bonds is 8. The van der Waals surface area contributed by atoms with E-state index in [0.29, 0.717) is 38.6 Å². The highest BCUT2D eigenvalue weighted by Gasteiger charge is 2.24. The molecular formula is C34H34BN7O2. The quantitative estimate of drug-likeness (QED) is 0.205. The van der Waals surface area contributed by atoms with Gasteiger partial charge >= 0.3 is 0 Å². The summed E-state index contributed by atoms with van der Waals surface area (Å²) in [6.07, 6.45) is 6.31. The molecule has 220 valence electrons. The Morgan fingerprint density at radius 2 is 1.27 bits per heavy atom. The summed E-state index contributed by atoms with van der Waals surface area (Å²) >= 11 is 0. The molecule has 2 N–H and O–H groups in total. The van der Waals surface area contributed by atoms with Gasteiger partial charge in [0.05, 0.1) is 10.7 Å². The molecule has 0 radical (unpaired) electrons. The molecule has 0 spiro atoms. The van der Waals surface area contributed by atoms with Crippen molar-refractivity contribution in [2.24, 2.45) is 0 Å². The molecule has 0 bridgehead atoms. The first-order valence-electron chi connectivity index (χ1n) is 15.1. The van der Waals surface area contributed by atoms with Crippen LogP contribution in [-0.2, 0) is 12.8 Å². The van der Waals surface area contributed by atoms with E-state index in [9.17, 15) is 10.5 Å². The zero-order valence-corrected chi connectivity index (χ0v) is 25.8. The van der Waals surface area contributed by atoms with Crippen molar-refractivity contribution >= 4 is 52.1 Å². The van der Waals surface area contributed by atoms with Gasteiger partial charge in [-0.05, 0) is 74.9 Å². The molecule has 0 aliphatic heterocycles. The summed E-state index contributed by atoms with van der Waals surface area (Å²) in [5.41, 5.74) is 7.03. The molecule has 0 saturated heterocycles. The Hall–Kier alpha value is -5.22. The molecule has 10 heteroatoms. The molecule has 4 aromatic heterocycles. The van der Waals surface area contributed by atoms with Crippen LogP contribution in [0.2, 0.25) is 0 Å². The van der Waals surface area contributed by atoms with Gasteiger partial charge in [-0.2, -0.15) is 10.5 Å². The average Bonchev–Trinajstić information content (AvgIpc) is 3.76. The standard InChI is InChI=1S/C34H34BN7O2/c1-5-7-9-21-11-13-27-25(15-21)39-33(43-27)23(17-36)31-30-20(4)42(38)32(29(30)19(3)41(31)35)24(18-37)34-40-26-16-22(10-8-6-2)12-14-28(26)44-34/h11-16H,5-10,35,38H2,1-4H3/b31-23-,32-24-. The van der Waals surface area contributed by atoms with Crippen molar-refractivity contribution in [3.8, 4) is 12.1 Å². The Morgan fingerprint density at radius 3 is 1.75 bits per heavy atom. The van der Waals surface area contributed by atoms with Crippen molar-refractivity contribution in [3.63, 3.8) is 0 Å². The molecule has 0 amide bonds. The number of unbranched alkanes of at least 4 members (excludes halogenated alkanes) is 2. The maximum absolute atomic E-state index is 10.5. The number of nitrogen functional groups attached to an aromatic ring is 1. The molecule has 6 aromatic rings. The number of oxazole rings is 2. The fourth-order valence-electron chi connectivity index (χ4n) is 6.03. The summed E-state index contributed by atoms with van der Waals surface area (Å²) in [6.45, 7) is 8.14. The van der Waals surface area contributed by atoms with Gasteiger partial charge < -0.3 is 19.2 Å². The van der Waals surface area contributed by atoms with Gasteiger partial charge in [-0.1, -0.05) is 38.8 Å². The number of aryl methyl sites for hydroxylation is 4. The molecule has 2 aromatic carbocycles. The molecule has 0 unspecified atom stereocenters. The summed E-state index contributed by atoms with van der Waals surface area (Å²) in [4.78, 5) is 9.44. The second-order valence-electron chi connectivity index (χ2n) is 11.4. The summed E-state index contributed by atoms with van der Waals surface area (Å²) in [5.74, 6) is 7.11. The molecule has 4 heterocycles. The van der Waals surface area contributed by atoms with E-state index in [-0.39, 0.29) is 22.9 Å². The van der Waals surface area contributed by atoms with Crippen LogP contribution in [-0.4, -0.2) is 27.1 Å². The highest BCUT2D eigenvalue weighted by Crippen LogP contribution is 2.26. The predicted octanol–water partition coefficient (Wildman–Crippen LogP) is 4.58. The second-order valence-corrected chi connectivity index (χ2v) is 11.4. The maximum Gasteiger partial charge on any atom is 0.240 e. The van der Waals surface area contributed by atoms with Crippen LogP contribution in [0.25, 0.3) is 44.1 Å². The van der Waals surface area contributed by atoms with E-state index >= 15 is 0 Å². The molecule has 0 atom stereocenters. The Balaban J connectivity index is 1.60. The fourth-order valence-corrected chi connectivity index (χ4v) is 6.03. The van der Waals surface area contributed by atoms with E-state index in [2.05, 4.69) is 26.0 Å².